The maximum atomic E-state index is 13.3. The first-order valence-electron chi connectivity index (χ1n) is 11.0. The van der Waals surface area contributed by atoms with Crippen molar-refractivity contribution in [2.45, 2.75) is 12.6 Å². The third-order valence-electron chi connectivity index (χ3n) is 5.98. The second kappa shape index (κ2) is 10.4. The standard InChI is InChI=1S/C26H23N3O8/c1-35-19-12-17(13-20(36-2)25(19)37-3)22-21(23(30)16-5-4-6-18(11-16)29(33)34)24(31)26(32)28(22)14-15-7-9-27-10-8-15/h4-13,22,30H,14H2,1-3H3/b23-21+. The van der Waals surface area contributed by atoms with E-state index in [1.54, 1.807) is 36.7 Å². The summed E-state index contributed by atoms with van der Waals surface area (Å²) in [5, 5.41) is 22.5. The van der Waals surface area contributed by atoms with E-state index < -0.39 is 28.4 Å². The number of carbonyl (C=O) groups is 2. The minimum absolute atomic E-state index is 0.0218. The summed E-state index contributed by atoms with van der Waals surface area (Å²) in [5.41, 5.74) is 0.612. The van der Waals surface area contributed by atoms with Crippen molar-refractivity contribution < 1.29 is 33.8 Å². The molecular weight excluding hydrogens is 482 g/mol. The fourth-order valence-corrected chi connectivity index (χ4v) is 4.26. The van der Waals surface area contributed by atoms with Gasteiger partial charge >= 0.3 is 0 Å². The molecule has 1 N–H and O–H groups in total. The number of benzene rings is 2. The molecule has 1 saturated heterocycles. The van der Waals surface area contributed by atoms with Crippen LogP contribution >= 0.6 is 0 Å². The predicted molar refractivity (Wildman–Crippen MR) is 131 cm³/mol. The predicted octanol–water partition coefficient (Wildman–Crippen LogP) is 3.64. The summed E-state index contributed by atoms with van der Waals surface area (Å²) in [6.45, 7) is 0.0279. The molecule has 1 aromatic heterocycles. The lowest BCUT2D eigenvalue weighted by molar-refractivity contribution is -0.384. The number of carbonyl (C=O) groups excluding carboxylic acids is 2. The van der Waals surface area contributed by atoms with Crippen LogP contribution in [0.25, 0.3) is 5.76 Å². The van der Waals surface area contributed by atoms with E-state index in [0.29, 0.717) is 16.9 Å². The van der Waals surface area contributed by atoms with Crippen molar-refractivity contribution in [1.82, 2.24) is 9.88 Å². The molecule has 2 heterocycles. The van der Waals surface area contributed by atoms with Gasteiger partial charge in [0.2, 0.25) is 5.75 Å². The summed E-state index contributed by atoms with van der Waals surface area (Å²) in [5.74, 6) is -1.46. The van der Waals surface area contributed by atoms with E-state index in [1.807, 2.05) is 0 Å². The quantitative estimate of drug-likeness (QED) is 0.160. The summed E-state index contributed by atoms with van der Waals surface area (Å²) in [4.78, 5) is 42.5. The third-order valence-corrected chi connectivity index (χ3v) is 5.98. The van der Waals surface area contributed by atoms with E-state index in [9.17, 15) is 24.8 Å². The van der Waals surface area contributed by atoms with E-state index in [4.69, 9.17) is 14.2 Å². The van der Waals surface area contributed by atoms with E-state index in [2.05, 4.69) is 4.98 Å². The summed E-state index contributed by atoms with van der Waals surface area (Å²) in [7, 11) is 4.30. The van der Waals surface area contributed by atoms with Crippen molar-refractivity contribution in [3.05, 3.63) is 93.3 Å². The van der Waals surface area contributed by atoms with Gasteiger partial charge in [0, 0.05) is 36.6 Å². The second-order valence-corrected chi connectivity index (χ2v) is 8.05. The van der Waals surface area contributed by atoms with Gasteiger partial charge in [0.05, 0.1) is 37.9 Å². The minimum Gasteiger partial charge on any atom is -0.507 e. The van der Waals surface area contributed by atoms with Gasteiger partial charge in [-0.1, -0.05) is 12.1 Å². The van der Waals surface area contributed by atoms with Crippen LogP contribution in [0.3, 0.4) is 0 Å². The minimum atomic E-state index is -1.07. The van der Waals surface area contributed by atoms with Crippen molar-refractivity contribution in [1.29, 1.82) is 0 Å². The van der Waals surface area contributed by atoms with Gasteiger partial charge in [0.15, 0.2) is 11.5 Å². The van der Waals surface area contributed by atoms with Gasteiger partial charge in [0.1, 0.15) is 5.76 Å². The van der Waals surface area contributed by atoms with Crippen LogP contribution < -0.4 is 14.2 Å². The molecule has 1 atom stereocenters. The summed E-state index contributed by atoms with van der Waals surface area (Å²) in [6, 6.07) is 10.7. The first kappa shape index (κ1) is 25.2. The molecule has 11 nitrogen and oxygen atoms in total. The molecule has 0 spiro atoms. The molecule has 0 aliphatic carbocycles. The number of non-ortho nitro benzene ring substituents is 1. The molecule has 4 rings (SSSR count). The third kappa shape index (κ3) is 4.66. The van der Waals surface area contributed by atoms with Crippen molar-refractivity contribution in [3.63, 3.8) is 0 Å². The fourth-order valence-electron chi connectivity index (χ4n) is 4.26. The highest BCUT2D eigenvalue weighted by atomic mass is 16.6. The molecule has 1 aliphatic rings. The maximum absolute atomic E-state index is 13.3. The molecule has 190 valence electrons. The number of rotatable bonds is 8. The lowest BCUT2D eigenvalue weighted by atomic mass is 9.94. The molecular formula is C26H23N3O8. The van der Waals surface area contributed by atoms with Gasteiger partial charge in [-0.15, -0.1) is 0 Å². The Bertz CT molecular complexity index is 1380. The van der Waals surface area contributed by atoms with Crippen LogP contribution in [0.4, 0.5) is 5.69 Å². The van der Waals surface area contributed by atoms with Crippen LogP contribution in [-0.4, -0.2) is 52.9 Å². The van der Waals surface area contributed by atoms with Gasteiger partial charge in [0.25, 0.3) is 17.4 Å². The number of methoxy groups -OCH3 is 3. The largest absolute Gasteiger partial charge is 0.507 e. The number of likely N-dealkylation sites (tertiary alicyclic amines) is 1. The Balaban J connectivity index is 1.96. The summed E-state index contributed by atoms with van der Waals surface area (Å²) >= 11 is 0. The average molecular weight is 505 g/mol. The van der Waals surface area contributed by atoms with Crippen molar-refractivity contribution >= 4 is 23.1 Å². The zero-order valence-electron chi connectivity index (χ0n) is 20.2. The first-order chi connectivity index (χ1) is 17.8. The monoisotopic (exact) mass is 505 g/mol. The molecule has 0 saturated carbocycles. The van der Waals surface area contributed by atoms with Gasteiger partial charge in [-0.3, -0.25) is 24.7 Å². The van der Waals surface area contributed by atoms with E-state index in [1.165, 1.54) is 44.4 Å². The molecule has 1 unspecified atom stereocenters. The SMILES string of the molecule is COc1cc(C2/C(=C(\O)c3cccc([N+](=O)[O-])c3)C(=O)C(=O)N2Cc2ccncc2)cc(OC)c1OC. The number of ketones is 1. The number of nitro groups is 1. The number of pyridine rings is 1. The highest BCUT2D eigenvalue weighted by molar-refractivity contribution is 6.46. The normalized spacial score (nSPS) is 16.5. The fraction of sp³-hybridized carbons (Fsp3) is 0.192. The maximum Gasteiger partial charge on any atom is 0.295 e. The summed E-state index contributed by atoms with van der Waals surface area (Å²) in [6.07, 6.45) is 3.12. The molecule has 2 aromatic carbocycles. The Kier molecular flexibility index (Phi) is 7.05. The number of aromatic nitrogens is 1. The smallest absolute Gasteiger partial charge is 0.295 e. The van der Waals surface area contributed by atoms with Crippen LogP contribution in [0.15, 0.2) is 66.5 Å². The molecule has 37 heavy (non-hydrogen) atoms. The Morgan fingerprint density at radius 3 is 2.24 bits per heavy atom. The first-order valence-corrected chi connectivity index (χ1v) is 11.0. The number of ether oxygens (including phenoxy) is 3. The highest BCUT2D eigenvalue weighted by Gasteiger charge is 2.46. The topological polar surface area (TPSA) is 141 Å². The van der Waals surface area contributed by atoms with Gasteiger partial charge < -0.3 is 24.2 Å². The van der Waals surface area contributed by atoms with E-state index >= 15 is 0 Å². The lowest BCUT2D eigenvalue weighted by Gasteiger charge is -2.26. The number of hydrogen-bond donors (Lipinski definition) is 1. The number of Topliss-reactive ketones (excluding diaryl/α,β-unsaturated/α-hetero) is 1. The van der Waals surface area contributed by atoms with Crippen molar-refractivity contribution in [2.24, 2.45) is 0 Å². The van der Waals surface area contributed by atoms with E-state index in [0.717, 1.165) is 6.07 Å². The molecule has 1 aliphatic heterocycles. The molecule has 0 radical (unpaired) electrons. The molecule has 3 aromatic rings. The number of nitrogens with zero attached hydrogens (tertiary/aromatic N) is 3. The van der Waals surface area contributed by atoms with Crippen molar-refractivity contribution in [3.8, 4) is 17.2 Å². The van der Waals surface area contributed by atoms with Gasteiger partial charge in [-0.2, -0.15) is 0 Å². The molecule has 1 fully saturated rings. The highest BCUT2D eigenvalue weighted by Crippen LogP contribution is 2.46. The Labute approximate surface area is 211 Å². The van der Waals surface area contributed by atoms with Crippen LogP contribution in [0.2, 0.25) is 0 Å². The lowest BCUT2D eigenvalue weighted by Crippen LogP contribution is -2.29. The number of nitro benzene ring substituents is 1. The molecule has 11 heteroatoms. The van der Waals surface area contributed by atoms with Crippen LogP contribution in [0, 0.1) is 10.1 Å². The number of aliphatic hydroxyl groups excluding tert-OH is 1. The van der Waals surface area contributed by atoms with Crippen LogP contribution in [-0.2, 0) is 16.1 Å². The Hall–Kier alpha value is -4.93. The number of amides is 1. The van der Waals surface area contributed by atoms with Gasteiger partial charge in [-0.25, -0.2) is 0 Å². The number of aliphatic hydroxyl groups is 1. The van der Waals surface area contributed by atoms with Crippen LogP contribution in [0.5, 0.6) is 17.2 Å². The zero-order chi connectivity index (χ0) is 26.7. The Morgan fingerprint density at radius 1 is 1.03 bits per heavy atom. The van der Waals surface area contributed by atoms with E-state index in [-0.39, 0.29) is 34.9 Å². The number of hydrogen-bond acceptors (Lipinski definition) is 9. The zero-order valence-corrected chi connectivity index (χ0v) is 20.2. The average Bonchev–Trinajstić information content (AvgIpc) is 3.17. The molecule has 0 bridgehead atoms. The summed E-state index contributed by atoms with van der Waals surface area (Å²) < 4.78 is 16.3. The second-order valence-electron chi connectivity index (χ2n) is 8.05. The molecule has 1 amide bonds. The Morgan fingerprint density at radius 2 is 1.68 bits per heavy atom. The van der Waals surface area contributed by atoms with Gasteiger partial charge in [-0.05, 0) is 35.4 Å². The van der Waals surface area contributed by atoms with Crippen molar-refractivity contribution in [2.75, 3.05) is 21.3 Å². The van der Waals surface area contributed by atoms with Crippen LogP contribution in [0.1, 0.15) is 22.7 Å².